The van der Waals surface area contributed by atoms with E-state index in [4.69, 9.17) is 0 Å². The van der Waals surface area contributed by atoms with Gasteiger partial charge in [-0.2, -0.15) is 26.3 Å². The lowest BCUT2D eigenvalue weighted by Gasteiger charge is -2.16. The van der Waals surface area contributed by atoms with Crippen LogP contribution in [-0.2, 0) is 18.8 Å². The molecule has 1 aromatic heterocycles. The maximum atomic E-state index is 13.5. The third-order valence-electron chi connectivity index (χ3n) is 6.15. The minimum Gasteiger partial charge on any atom is -0.354 e. The summed E-state index contributed by atoms with van der Waals surface area (Å²) in [5.74, 6) is -1.01. The summed E-state index contributed by atoms with van der Waals surface area (Å²) < 4.78 is 80.8. The van der Waals surface area contributed by atoms with Gasteiger partial charge < -0.3 is 4.98 Å². The number of hydrogen-bond donors (Lipinski definition) is 1. The van der Waals surface area contributed by atoms with Gasteiger partial charge in [0.2, 0.25) is 0 Å². The Hall–Kier alpha value is -4.08. The largest absolute Gasteiger partial charge is 0.416 e. The molecule has 2 heterocycles. The zero-order valence-electron chi connectivity index (χ0n) is 18.3. The Morgan fingerprint density at radius 3 is 1.81 bits per heavy atom. The van der Waals surface area contributed by atoms with Crippen molar-refractivity contribution in [2.45, 2.75) is 18.8 Å². The lowest BCUT2D eigenvalue weighted by Crippen LogP contribution is -2.31. The molecule has 1 aliphatic rings. The summed E-state index contributed by atoms with van der Waals surface area (Å²) in [6.07, 6.45) is -9.98. The molecule has 1 aliphatic heterocycles. The number of imide groups is 1. The predicted molar refractivity (Wildman–Crippen MR) is 119 cm³/mol. The van der Waals surface area contributed by atoms with E-state index in [0.29, 0.717) is 28.6 Å². The number of hydrogen-bond acceptors (Lipinski definition) is 2. The number of nitrogens with zero attached hydrogens (tertiary/aromatic N) is 1. The molecular formula is C26H16F6N2O2. The van der Waals surface area contributed by atoms with Crippen LogP contribution >= 0.6 is 0 Å². The highest BCUT2D eigenvalue weighted by atomic mass is 19.4. The van der Waals surface area contributed by atoms with E-state index in [2.05, 4.69) is 4.98 Å². The molecule has 5 rings (SSSR count). The Labute approximate surface area is 200 Å². The fourth-order valence-electron chi connectivity index (χ4n) is 4.47. The number of nitrogens with one attached hydrogen (secondary N) is 1. The molecule has 1 N–H and O–H groups in total. The Balaban J connectivity index is 1.59. The minimum atomic E-state index is -5.00. The number of benzene rings is 3. The SMILES string of the molecule is O=C1c2ccccc2C(=O)N1CCc1c(-c2cc(C(F)(F)F)cc(C(F)(F)F)c2)[nH]c2ccccc12. The second-order valence-electron chi connectivity index (χ2n) is 8.38. The summed E-state index contributed by atoms with van der Waals surface area (Å²) in [7, 11) is 0. The van der Waals surface area contributed by atoms with Crippen molar-refractivity contribution in [2.75, 3.05) is 6.54 Å². The summed E-state index contributed by atoms with van der Waals surface area (Å²) in [6, 6.07) is 14.3. The van der Waals surface area contributed by atoms with Gasteiger partial charge in [0.05, 0.1) is 22.3 Å². The molecule has 0 aliphatic carbocycles. The molecule has 0 atom stereocenters. The van der Waals surface area contributed by atoms with Crippen LogP contribution in [0.1, 0.15) is 37.4 Å². The van der Waals surface area contributed by atoms with E-state index in [0.717, 1.165) is 4.90 Å². The van der Waals surface area contributed by atoms with Crippen molar-refractivity contribution in [1.82, 2.24) is 9.88 Å². The molecule has 4 aromatic rings. The predicted octanol–water partition coefficient (Wildman–Crippen LogP) is 6.71. The average molecular weight is 502 g/mol. The summed E-state index contributed by atoms with van der Waals surface area (Å²) in [5.41, 5.74) is -1.72. The fourth-order valence-corrected chi connectivity index (χ4v) is 4.47. The van der Waals surface area contributed by atoms with Crippen molar-refractivity contribution in [2.24, 2.45) is 0 Å². The first kappa shape index (κ1) is 23.7. The number of fused-ring (bicyclic) bond motifs is 2. The zero-order chi connectivity index (χ0) is 25.8. The molecule has 0 saturated heterocycles. The molecule has 3 aromatic carbocycles. The molecule has 0 bridgehead atoms. The molecule has 4 nitrogen and oxygen atoms in total. The van der Waals surface area contributed by atoms with Gasteiger partial charge in [-0.1, -0.05) is 30.3 Å². The molecular weight excluding hydrogens is 486 g/mol. The van der Waals surface area contributed by atoms with Crippen LogP contribution in [0.3, 0.4) is 0 Å². The molecule has 184 valence electrons. The summed E-state index contributed by atoms with van der Waals surface area (Å²) in [4.78, 5) is 29.4. The summed E-state index contributed by atoms with van der Waals surface area (Å²) in [6.45, 7) is -0.105. The van der Waals surface area contributed by atoms with E-state index in [9.17, 15) is 35.9 Å². The van der Waals surface area contributed by atoms with Gasteiger partial charge >= 0.3 is 12.4 Å². The number of amides is 2. The topological polar surface area (TPSA) is 53.2 Å². The highest BCUT2D eigenvalue weighted by Crippen LogP contribution is 2.40. The molecule has 0 saturated carbocycles. The highest BCUT2D eigenvalue weighted by molar-refractivity contribution is 6.21. The normalized spacial score (nSPS) is 14.1. The van der Waals surface area contributed by atoms with Crippen molar-refractivity contribution in [3.63, 3.8) is 0 Å². The van der Waals surface area contributed by atoms with E-state index < -0.39 is 35.3 Å². The van der Waals surface area contributed by atoms with Crippen LogP contribution in [0.2, 0.25) is 0 Å². The van der Waals surface area contributed by atoms with Crippen LogP contribution in [0.15, 0.2) is 66.7 Å². The van der Waals surface area contributed by atoms with Crippen LogP contribution in [0.4, 0.5) is 26.3 Å². The second-order valence-corrected chi connectivity index (χ2v) is 8.38. The molecule has 0 unspecified atom stereocenters. The van der Waals surface area contributed by atoms with E-state index >= 15 is 0 Å². The van der Waals surface area contributed by atoms with Gasteiger partial charge in [-0.25, -0.2) is 0 Å². The van der Waals surface area contributed by atoms with Gasteiger partial charge in [0.1, 0.15) is 0 Å². The second kappa shape index (κ2) is 8.25. The van der Waals surface area contributed by atoms with Crippen molar-refractivity contribution < 1.29 is 35.9 Å². The van der Waals surface area contributed by atoms with Crippen LogP contribution in [0.25, 0.3) is 22.2 Å². The lowest BCUT2D eigenvalue weighted by atomic mass is 9.98. The summed E-state index contributed by atoms with van der Waals surface area (Å²) >= 11 is 0. The Kier molecular flexibility index (Phi) is 5.42. The quantitative estimate of drug-likeness (QED) is 0.249. The van der Waals surface area contributed by atoms with Gasteiger partial charge in [0.25, 0.3) is 11.8 Å². The van der Waals surface area contributed by atoms with Gasteiger partial charge in [-0.05, 0) is 53.9 Å². The van der Waals surface area contributed by atoms with Crippen LogP contribution < -0.4 is 0 Å². The van der Waals surface area contributed by atoms with E-state index in [1.54, 1.807) is 36.4 Å². The van der Waals surface area contributed by atoms with Gasteiger partial charge in [-0.15, -0.1) is 0 Å². The number of rotatable bonds is 4. The smallest absolute Gasteiger partial charge is 0.354 e. The average Bonchev–Trinajstić information content (AvgIpc) is 3.32. The van der Waals surface area contributed by atoms with Crippen molar-refractivity contribution in [3.05, 3.63) is 94.5 Å². The fraction of sp³-hybridized carbons (Fsp3) is 0.154. The number of carbonyl (C=O) groups is 2. The van der Waals surface area contributed by atoms with Gasteiger partial charge in [0.15, 0.2) is 0 Å². The number of aromatic nitrogens is 1. The molecule has 2 amide bonds. The maximum absolute atomic E-state index is 13.5. The molecule has 0 spiro atoms. The third-order valence-corrected chi connectivity index (χ3v) is 6.15. The van der Waals surface area contributed by atoms with Crippen LogP contribution in [0.5, 0.6) is 0 Å². The standard InChI is InChI=1S/C26H16F6N2O2/c27-25(28,29)15-11-14(12-16(13-15)26(30,31)32)22-18(17-5-3-4-8-21(17)33-22)9-10-34-23(35)19-6-1-2-7-20(19)24(34)36/h1-8,11-13,33H,9-10H2. The summed E-state index contributed by atoms with van der Waals surface area (Å²) in [5, 5.41) is 0.565. The highest BCUT2D eigenvalue weighted by Gasteiger charge is 2.38. The first-order valence-electron chi connectivity index (χ1n) is 10.8. The van der Waals surface area contributed by atoms with Crippen LogP contribution in [-0.4, -0.2) is 28.2 Å². The number of aromatic amines is 1. The number of carbonyl (C=O) groups excluding carboxylic acids is 2. The van der Waals surface area contributed by atoms with Crippen LogP contribution in [0, 0.1) is 0 Å². The van der Waals surface area contributed by atoms with Gasteiger partial charge in [-0.3, -0.25) is 14.5 Å². The van der Waals surface area contributed by atoms with E-state index in [1.165, 1.54) is 12.1 Å². The van der Waals surface area contributed by atoms with Crippen molar-refractivity contribution in [3.8, 4) is 11.3 Å². The monoisotopic (exact) mass is 502 g/mol. The first-order valence-corrected chi connectivity index (χ1v) is 10.8. The lowest BCUT2D eigenvalue weighted by molar-refractivity contribution is -0.143. The minimum absolute atomic E-state index is 0.0163. The molecule has 10 heteroatoms. The van der Waals surface area contributed by atoms with Crippen molar-refractivity contribution in [1.29, 1.82) is 0 Å². The molecule has 0 fully saturated rings. The number of H-pyrrole nitrogens is 1. The molecule has 0 radical (unpaired) electrons. The van der Waals surface area contributed by atoms with Gasteiger partial charge in [0, 0.05) is 23.1 Å². The Morgan fingerprint density at radius 1 is 0.722 bits per heavy atom. The Morgan fingerprint density at radius 2 is 1.25 bits per heavy atom. The zero-order valence-corrected chi connectivity index (χ0v) is 18.3. The maximum Gasteiger partial charge on any atom is 0.416 e. The Bertz CT molecular complexity index is 1450. The van der Waals surface area contributed by atoms with E-state index in [1.807, 2.05) is 0 Å². The van der Waals surface area contributed by atoms with E-state index in [-0.39, 0.29) is 41.4 Å². The number of para-hydroxylation sites is 1. The molecule has 36 heavy (non-hydrogen) atoms. The number of alkyl halides is 6. The third kappa shape index (κ3) is 4.02. The first-order chi connectivity index (χ1) is 16.9. The van der Waals surface area contributed by atoms with Crippen molar-refractivity contribution >= 4 is 22.7 Å². The number of halogens is 6.